The van der Waals surface area contributed by atoms with Gasteiger partial charge in [0.2, 0.25) is 0 Å². The summed E-state index contributed by atoms with van der Waals surface area (Å²) >= 11 is 0. The summed E-state index contributed by atoms with van der Waals surface area (Å²) in [6.07, 6.45) is 1.51. The summed E-state index contributed by atoms with van der Waals surface area (Å²) in [6, 6.07) is 5.82. The molecule has 78 valence electrons. The van der Waals surface area contributed by atoms with Gasteiger partial charge in [-0.2, -0.15) is 0 Å². The number of ketones is 2. The zero-order valence-corrected chi connectivity index (χ0v) is 9.04. The van der Waals surface area contributed by atoms with Crippen molar-refractivity contribution in [1.82, 2.24) is 0 Å². The molecule has 0 aliphatic heterocycles. The Morgan fingerprint density at radius 2 is 2.13 bits per heavy atom. The second-order valence-corrected chi connectivity index (χ2v) is 4.23. The third-order valence-corrected chi connectivity index (χ3v) is 3.04. The van der Waals surface area contributed by atoms with E-state index in [1.54, 1.807) is 0 Å². The van der Waals surface area contributed by atoms with Gasteiger partial charge in [-0.05, 0) is 32.3 Å². The molecule has 0 N–H and O–H groups in total. The lowest BCUT2D eigenvalue weighted by Gasteiger charge is -2.21. The molecule has 1 aromatic rings. The molecular weight excluding hydrogens is 188 g/mol. The van der Waals surface area contributed by atoms with Crippen molar-refractivity contribution in [3.05, 3.63) is 34.9 Å². The predicted octanol–water partition coefficient (Wildman–Crippen LogP) is 2.33. The molecule has 0 radical (unpaired) electrons. The van der Waals surface area contributed by atoms with Gasteiger partial charge in [-0.1, -0.05) is 23.8 Å². The first-order chi connectivity index (χ1) is 7.09. The molecule has 0 bridgehead atoms. The molecule has 0 saturated carbocycles. The average molecular weight is 202 g/mol. The van der Waals surface area contributed by atoms with Crippen LogP contribution in [0.3, 0.4) is 0 Å². The lowest BCUT2D eigenvalue weighted by Crippen LogP contribution is -2.27. The average Bonchev–Trinajstić information content (AvgIpc) is 2.17. The molecule has 2 nitrogen and oxygen atoms in total. The summed E-state index contributed by atoms with van der Waals surface area (Å²) in [5, 5.41) is 0. The number of Topliss-reactive ketones (excluding diaryl/α,β-unsaturated/α-hetero) is 2. The van der Waals surface area contributed by atoms with E-state index in [9.17, 15) is 9.59 Å². The second-order valence-electron chi connectivity index (χ2n) is 4.23. The molecule has 1 atom stereocenters. The fraction of sp³-hybridized carbons (Fsp3) is 0.385. The van der Waals surface area contributed by atoms with Crippen molar-refractivity contribution in [3.63, 3.8) is 0 Å². The van der Waals surface area contributed by atoms with E-state index in [0.717, 1.165) is 17.5 Å². The number of rotatable bonds is 1. The van der Waals surface area contributed by atoms with Crippen LogP contribution in [0.1, 0.15) is 34.8 Å². The molecule has 0 heterocycles. The molecular formula is C13H14O2. The molecule has 0 spiro atoms. The second kappa shape index (κ2) is 3.61. The molecule has 0 aromatic heterocycles. The van der Waals surface area contributed by atoms with E-state index in [1.165, 1.54) is 12.5 Å². The Morgan fingerprint density at radius 3 is 2.80 bits per heavy atom. The van der Waals surface area contributed by atoms with Crippen LogP contribution in [0.4, 0.5) is 0 Å². The van der Waals surface area contributed by atoms with E-state index in [2.05, 4.69) is 0 Å². The van der Waals surface area contributed by atoms with E-state index < -0.39 is 5.92 Å². The van der Waals surface area contributed by atoms with Crippen molar-refractivity contribution in [3.8, 4) is 0 Å². The van der Waals surface area contributed by atoms with Gasteiger partial charge in [0.15, 0.2) is 5.78 Å². The molecule has 0 fully saturated rings. The van der Waals surface area contributed by atoms with E-state index in [0.29, 0.717) is 6.42 Å². The normalized spacial score (nSPS) is 19.9. The number of fused-ring (bicyclic) bond motifs is 1. The van der Waals surface area contributed by atoms with Gasteiger partial charge in [-0.25, -0.2) is 0 Å². The summed E-state index contributed by atoms with van der Waals surface area (Å²) in [5.74, 6) is -0.407. The zero-order chi connectivity index (χ0) is 11.0. The minimum atomic E-state index is -0.403. The van der Waals surface area contributed by atoms with Crippen LogP contribution in [0.5, 0.6) is 0 Å². The highest BCUT2D eigenvalue weighted by molar-refractivity contribution is 6.11. The number of aryl methyl sites for hydroxylation is 2. The maximum Gasteiger partial charge on any atom is 0.173 e. The summed E-state index contributed by atoms with van der Waals surface area (Å²) in [6.45, 7) is 3.52. The van der Waals surface area contributed by atoms with Crippen LogP contribution < -0.4 is 0 Å². The molecule has 1 unspecified atom stereocenters. The largest absolute Gasteiger partial charge is 0.299 e. The monoisotopic (exact) mass is 202 g/mol. The number of benzene rings is 1. The summed E-state index contributed by atoms with van der Waals surface area (Å²) in [7, 11) is 0. The first-order valence-corrected chi connectivity index (χ1v) is 5.24. The van der Waals surface area contributed by atoms with Crippen LogP contribution >= 0.6 is 0 Å². The lowest BCUT2D eigenvalue weighted by molar-refractivity contribution is -0.119. The van der Waals surface area contributed by atoms with Crippen LogP contribution in [0.2, 0.25) is 0 Å². The topological polar surface area (TPSA) is 34.1 Å². The van der Waals surface area contributed by atoms with Gasteiger partial charge >= 0.3 is 0 Å². The molecule has 2 heteroatoms. The maximum atomic E-state index is 11.9. The molecule has 1 aliphatic carbocycles. The number of hydrogen-bond donors (Lipinski definition) is 0. The molecule has 1 aromatic carbocycles. The standard InChI is InChI=1S/C13H14O2/c1-8-3-5-12-10(7-8)4-6-11(9(2)14)13(12)15/h3,5,7,11H,4,6H2,1-2H3. The van der Waals surface area contributed by atoms with Crippen LogP contribution in [-0.2, 0) is 11.2 Å². The maximum absolute atomic E-state index is 11.9. The number of hydrogen-bond acceptors (Lipinski definition) is 2. The molecule has 0 amide bonds. The van der Waals surface area contributed by atoms with Crippen molar-refractivity contribution in [2.24, 2.45) is 5.92 Å². The van der Waals surface area contributed by atoms with Gasteiger partial charge in [0.05, 0.1) is 5.92 Å². The van der Waals surface area contributed by atoms with Crippen LogP contribution in [0.15, 0.2) is 18.2 Å². The fourth-order valence-corrected chi connectivity index (χ4v) is 2.18. The third kappa shape index (κ3) is 1.72. The highest BCUT2D eigenvalue weighted by Gasteiger charge is 2.30. The van der Waals surface area contributed by atoms with Crippen molar-refractivity contribution in [1.29, 1.82) is 0 Å². The Labute approximate surface area is 89.3 Å². The minimum absolute atomic E-state index is 0.00347. The quantitative estimate of drug-likeness (QED) is 0.655. The molecule has 15 heavy (non-hydrogen) atoms. The molecule has 2 rings (SSSR count). The van der Waals surface area contributed by atoms with Crippen LogP contribution in [-0.4, -0.2) is 11.6 Å². The Balaban J connectivity index is 2.43. The summed E-state index contributed by atoms with van der Waals surface area (Å²) in [4.78, 5) is 23.2. The van der Waals surface area contributed by atoms with Crippen LogP contribution in [0, 0.1) is 12.8 Å². The van der Waals surface area contributed by atoms with Gasteiger partial charge in [0.1, 0.15) is 5.78 Å². The third-order valence-electron chi connectivity index (χ3n) is 3.04. The summed E-state index contributed by atoms with van der Waals surface area (Å²) in [5.41, 5.74) is 3.01. The predicted molar refractivity (Wildman–Crippen MR) is 58.0 cm³/mol. The highest BCUT2D eigenvalue weighted by Crippen LogP contribution is 2.26. The Morgan fingerprint density at radius 1 is 1.40 bits per heavy atom. The minimum Gasteiger partial charge on any atom is -0.299 e. The van der Waals surface area contributed by atoms with E-state index in [1.807, 2.05) is 25.1 Å². The number of carbonyl (C=O) groups is 2. The molecule has 0 saturated heterocycles. The van der Waals surface area contributed by atoms with E-state index >= 15 is 0 Å². The van der Waals surface area contributed by atoms with Gasteiger partial charge in [-0.3, -0.25) is 9.59 Å². The first-order valence-electron chi connectivity index (χ1n) is 5.24. The van der Waals surface area contributed by atoms with Gasteiger partial charge in [-0.15, -0.1) is 0 Å². The van der Waals surface area contributed by atoms with Gasteiger partial charge < -0.3 is 0 Å². The van der Waals surface area contributed by atoms with Gasteiger partial charge in [0.25, 0.3) is 0 Å². The molecule has 1 aliphatic rings. The van der Waals surface area contributed by atoms with Crippen LogP contribution in [0.25, 0.3) is 0 Å². The fourth-order valence-electron chi connectivity index (χ4n) is 2.18. The SMILES string of the molecule is CC(=O)C1CCc2cc(C)ccc2C1=O. The lowest BCUT2D eigenvalue weighted by atomic mass is 9.80. The van der Waals surface area contributed by atoms with E-state index in [-0.39, 0.29) is 11.6 Å². The zero-order valence-electron chi connectivity index (χ0n) is 9.04. The Kier molecular flexibility index (Phi) is 2.43. The van der Waals surface area contributed by atoms with Crippen molar-refractivity contribution in [2.45, 2.75) is 26.7 Å². The van der Waals surface area contributed by atoms with E-state index in [4.69, 9.17) is 0 Å². The smallest absolute Gasteiger partial charge is 0.173 e. The van der Waals surface area contributed by atoms with Crippen molar-refractivity contribution >= 4 is 11.6 Å². The van der Waals surface area contributed by atoms with Crippen molar-refractivity contribution < 1.29 is 9.59 Å². The summed E-state index contributed by atoms with van der Waals surface area (Å²) < 4.78 is 0. The first kappa shape index (κ1) is 10.1. The Hall–Kier alpha value is -1.44. The van der Waals surface area contributed by atoms with Crippen molar-refractivity contribution in [2.75, 3.05) is 0 Å². The highest BCUT2D eigenvalue weighted by atomic mass is 16.1. The number of carbonyl (C=O) groups excluding carboxylic acids is 2. The Bertz CT molecular complexity index is 432. The van der Waals surface area contributed by atoms with Gasteiger partial charge in [0, 0.05) is 5.56 Å².